The molecular formula is C9H16N2O4. The maximum absolute atomic E-state index is 11.5. The molecule has 0 spiro atoms. The Morgan fingerprint density at radius 3 is 2.60 bits per heavy atom. The highest BCUT2D eigenvalue weighted by Gasteiger charge is 2.35. The van der Waals surface area contributed by atoms with E-state index in [2.05, 4.69) is 0 Å². The summed E-state index contributed by atoms with van der Waals surface area (Å²) in [7, 11) is 1.50. The Labute approximate surface area is 88.0 Å². The first kappa shape index (κ1) is 11.9. The van der Waals surface area contributed by atoms with Crippen LogP contribution < -0.4 is 5.73 Å². The molecule has 1 atom stereocenters. The third-order valence-electron chi connectivity index (χ3n) is 2.58. The summed E-state index contributed by atoms with van der Waals surface area (Å²) < 4.78 is 4.97. The van der Waals surface area contributed by atoms with E-state index in [1.54, 1.807) is 0 Å². The van der Waals surface area contributed by atoms with Crippen LogP contribution in [0, 0.1) is 5.92 Å². The van der Waals surface area contributed by atoms with Crippen LogP contribution in [0.15, 0.2) is 0 Å². The van der Waals surface area contributed by atoms with Crippen molar-refractivity contribution in [3.05, 3.63) is 0 Å². The van der Waals surface area contributed by atoms with Gasteiger partial charge in [-0.2, -0.15) is 0 Å². The van der Waals surface area contributed by atoms with Crippen molar-refractivity contribution in [1.82, 2.24) is 4.90 Å². The van der Waals surface area contributed by atoms with Crippen molar-refractivity contribution < 1.29 is 19.4 Å². The number of rotatable bonds is 5. The second-order valence-corrected chi connectivity index (χ2v) is 3.63. The molecule has 1 amide bonds. The Morgan fingerprint density at radius 2 is 2.20 bits per heavy atom. The zero-order chi connectivity index (χ0) is 11.4. The molecule has 1 fully saturated rings. The highest BCUT2D eigenvalue weighted by molar-refractivity contribution is 5.81. The molecule has 1 rings (SSSR count). The highest BCUT2D eigenvalue weighted by Crippen LogP contribution is 2.17. The van der Waals surface area contributed by atoms with Crippen LogP contribution in [-0.4, -0.2) is 54.7 Å². The van der Waals surface area contributed by atoms with E-state index in [9.17, 15) is 9.59 Å². The maximum atomic E-state index is 11.5. The van der Waals surface area contributed by atoms with E-state index in [1.807, 2.05) is 0 Å². The molecule has 6 nitrogen and oxygen atoms in total. The largest absolute Gasteiger partial charge is 0.481 e. The fourth-order valence-electron chi connectivity index (χ4n) is 1.43. The van der Waals surface area contributed by atoms with Gasteiger partial charge < -0.3 is 20.5 Å². The number of carboxylic acid groups (broad SMARTS) is 1. The van der Waals surface area contributed by atoms with Gasteiger partial charge in [0.1, 0.15) is 0 Å². The van der Waals surface area contributed by atoms with Crippen molar-refractivity contribution in [1.29, 1.82) is 0 Å². The van der Waals surface area contributed by atoms with Crippen molar-refractivity contribution in [3.8, 4) is 0 Å². The fraction of sp³-hybridized carbons (Fsp3) is 0.778. The molecule has 1 aliphatic rings. The van der Waals surface area contributed by atoms with Crippen molar-refractivity contribution in [2.75, 3.05) is 26.7 Å². The normalized spacial score (nSPS) is 18.4. The predicted octanol–water partition coefficient (Wildman–Crippen LogP) is -1.11. The summed E-state index contributed by atoms with van der Waals surface area (Å²) in [4.78, 5) is 23.5. The molecule has 0 bridgehead atoms. The molecule has 3 N–H and O–H groups in total. The summed E-state index contributed by atoms with van der Waals surface area (Å²) >= 11 is 0. The Hall–Kier alpha value is -1.14. The number of nitrogens with zero attached hydrogens (tertiary/aromatic N) is 1. The molecule has 1 heterocycles. The SMILES string of the molecule is COC(CN)CC(=O)N1CC(C(=O)O)C1. The number of amides is 1. The first-order valence-electron chi connectivity index (χ1n) is 4.82. The van der Waals surface area contributed by atoms with E-state index in [1.165, 1.54) is 12.0 Å². The number of hydrogen-bond acceptors (Lipinski definition) is 4. The van der Waals surface area contributed by atoms with Gasteiger partial charge in [-0.25, -0.2) is 0 Å². The van der Waals surface area contributed by atoms with E-state index in [4.69, 9.17) is 15.6 Å². The summed E-state index contributed by atoms with van der Waals surface area (Å²) in [6.07, 6.45) is -0.0549. The molecule has 86 valence electrons. The fourth-order valence-corrected chi connectivity index (χ4v) is 1.43. The minimum atomic E-state index is -0.846. The summed E-state index contributed by atoms with van der Waals surface area (Å²) in [5.74, 6) is -1.35. The van der Waals surface area contributed by atoms with Crippen molar-refractivity contribution >= 4 is 11.9 Å². The Balaban J connectivity index is 2.29. The van der Waals surface area contributed by atoms with Crippen molar-refractivity contribution in [3.63, 3.8) is 0 Å². The maximum Gasteiger partial charge on any atom is 0.310 e. The summed E-state index contributed by atoms with van der Waals surface area (Å²) in [5.41, 5.74) is 5.38. The quantitative estimate of drug-likeness (QED) is 0.608. The predicted molar refractivity (Wildman–Crippen MR) is 52.2 cm³/mol. The minimum absolute atomic E-state index is 0.0928. The number of hydrogen-bond donors (Lipinski definition) is 2. The lowest BCUT2D eigenvalue weighted by molar-refractivity contribution is -0.153. The number of aliphatic carboxylic acids is 1. The van der Waals surface area contributed by atoms with Gasteiger partial charge in [0.2, 0.25) is 5.91 Å². The zero-order valence-corrected chi connectivity index (χ0v) is 8.68. The number of ether oxygens (including phenoxy) is 1. The van der Waals surface area contributed by atoms with E-state index in [-0.39, 0.29) is 18.4 Å². The van der Waals surface area contributed by atoms with Gasteiger partial charge >= 0.3 is 5.97 Å². The van der Waals surface area contributed by atoms with E-state index in [0.29, 0.717) is 19.6 Å². The number of likely N-dealkylation sites (tertiary alicyclic amines) is 1. The van der Waals surface area contributed by atoms with Crippen molar-refractivity contribution in [2.45, 2.75) is 12.5 Å². The molecule has 15 heavy (non-hydrogen) atoms. The van der Waals surface area contributed by atoms with Gasteiger partial charge in [0, 0.05) is 26.7 Å². The lowest BCUT2D eigenvalue weighted by Crippen LogP contribution is -2.53. The molecule has 0 aromatic rings. The van der Waals surface area contributed by atoms with Crippen LogP contribution >= 0.6 is 0 Å². The molecule has 6 heteroatoms. The topological polar surface area (TPSA) is 92.9 Å². The van der Waals surface area contributed by atoms with Gasteiger partial charge in [-0.3, -0.25) is 9.59 Å². The summed E-state index contributed by atoms with van der Waals surface area (Å²) in [6, 6.07) is 0. The number of methoxy groups -OCH3 is 1. The second kappa shape index (κ2) is 5.09. The minimum Gasteiger partial charge on any atom is -0.481 e. The Kier molecular flexibility index (Phi) is 4.05. The van der Waals surface area contributed by atoms with Crippen LogP contribution in [0.2, 0.25) is 0 Å². The standard InChI is InChI=1S/C9H16N2O4/c1-15-7(3-10)2-8(12)11-4-6(5-11)9(13)14/h6-7H,2-5,10H2,1H3,(H,13,14). The van der Waals surface area contributed by atoms with Gasteiger partial charge in [-0.15, -0.1) is 0 Å². The molecule has 0 aromatic carbocycles. The average Bonchev–Trinajstić information content (AvgIpc) is 2.11. The second-order valence-electron chi connectivity index (χ2n) is 3.63. The lowest BCUT2D eigenvalue weighted by atomic mass is 9.99. The first-order chi connectivity index (χ1) is 7.08. The monoisotopic (exact) mass is 216 g/mol. The summed E-state index contributed by atoms with van der Waals surface area (Å²) in [5, 5.41) is 8.62. The number of carbonyl (C=O) groups is 2. The van der Waals surface area contributed by atoms with Gasteiger partial charge in [-0.1, -0.05) is 0 Å². The molecule has 0 saturated carbocycles. The molecule has 0 radical (unpaired) electrons. The van der Waals surface area contributed by atoms with Crippen LogP contribution in [0.5, 0.6) is 0 Å². The van der Waals surface area contributed by atoms with Gasteiger partial charge in [-0.05, 0) is 0 Å². The van der Waals surface area contributed by atoms with E-state index in [0.717, 1.165) is 0 Å². The third kappa shape index (κ3) is 2.90. The first-order valence-corrected chi connectivity index (χ1v) is 4.82. The smallest absolute Gasteiger partial charge is 0.310 e. The van der Waals surface area contributed by atoms with Gasteiger partial charge in [0.25, 0.3) is 0 Å². The summed E-state index contributed by atoms with van der Waals surface area (Å²) in [6.45, 7) is 0.892. The average molecular weight is 216 g/mol. The highest BCUT2D eigenvalue weighted by atomic mass is 16.5. The molecule has 1 aliphatic heterocycles. The Bertz CT molecular complexity index is 246. The van der Waals surface area contributed by atoms with Crippen LogP contribution in [0.4, 0.5) is 0 Å². The molecule has 1 unspecified atom stereocenters. The molecule has 0 aliphatic carbocycles. The molecule has 0 aromatic heterocycles. The molecular weight excluding hydrogens is 200 g/mol. The van der Waals surface area contributed by atoms with Gasteiger partial charge in [0.15, 0.2) is 0 Å². The zero-order valence-electron chi connectivity index (χ0n) is 8.68. The van der Waals surface area contributed by atoms with Crippen molar-refractivity contribution in [2.24, 2.45) is 11.7 Å². The third-order valence-corrected chi connectivity index (χ3v) is 2.58. The Morgan fingerprint density at radius 1 is 1.60 bits per heavy atom. The van der Waals surface area contributed by atoms with Gasteiger partial charge in [0.05, 0.1) is 18.4 Å². The number of nitrogens with two attached hydrogens (primary N) is 1. The van der Waals surface area contributed by atoms with Crippen LogP contribution in [0.25, 0.3) is 0 Å². The van der Waals surface area contributed by atoms with E-state index >= 15 is 0 Å². The number of carbonyl (C=O) groups excluding carboxylic acids is 1. The lowest BCUT2D eigenvalue weighted by Gasteiger charge is -2.37. The number of carboxylic acids is 1. The van der Waals surface area contributed by atoms with Crippen LogP contribution in [0.1, 0.15) is 6.42 Å². The molecule has 1 saturated heterocycles. The van der Waals surface area contributed by atoms with Crippen LogP contribution in [0.3, 0.4) is 0 Å². The van der Waals surface area contributed by atoms with Crippen LogP contribution in [-0.2, 0) is 14.3 Å². The van der Waals surface area contributed by atoms with E-state index < -0.39 is 11.9 Å².